The van der Waals surface area contributed by atoms with Crippen molar-refractivity contribution in [3.05, 3.63) is 0 Å². The third-order valence-electron chi connectivity index (χ3n) is 3.17. The molecule has 6 nitrogen and oxygen atoms in total. The number of nitrogens with zero attached hydrogens (tertiary/aromatic N) is 1. The molecule has 1 aliphatic heterocycles. The summed E-state index contributed by atoms with van der Waals surface area (Å²) in [6.45, 7) is 5.09. The molecule has 6 heteroatoms. The SMILES string of the molecule is CCOC(=O)CCNC(=O)C1CCCN(C(C)=O)C1. The van der Waals surface area contributed by atoms with Crippen molar-refractivity contribution in [3.63, 3.8) is 0 Å². The number of ether oxygens (including phenoxy) is 1. The molecule has 0 radical (unpaired) electrons. The Kier molecular flexibility index (Phi) is 6.32. The molecule has 1 atom stereocenters. The summed E-state index contributed by atoms with van der Waals surface area (Å²) in [4.78, 5) is 36.0. The van der Waals surface area contributed by atoms with E-state index in [0.717, 1.165) is 19.4 Å². The Morgan fingerprint density at radius 1 is 1.37 bits per heavy atom. The Labute approximate surface area is 113 Å². The van der Waals surface area contributed by atoms with Gasteiger partial charge in [-0.3, -0.25) is 14.4 Å². The molecule has 1 saturated heterocycles. The third kappa shape index (κ3) is 5.28. The van der Waals surface area contributed by atoms with Crippen LogP contribution in [0.4, 0.5) is 0 Å². The average Bonchev–Trinajstić information content (AvgIpc) is 2.39. The van der Waals surface area contributed by atoms with Crippen LogP contribution in [-0.2, 0) is 19.1 Å². The van der Waals surface area contributed by atoms with E-state index < -0.39 is 0 Å². The minimum absolute atomic E-state index is 0.00373. The van der Waals surface area contributed by atoms with Crippen LogP contribution >= 0.6 is 0 Å². The van der Waals surface area contributed by atoms with Gasteiger partial charge in [0.2, 0.25) is 11.8 Å². The van der Waals surface area contributed by atoms with E-state index in [9.17, 15) is 14.4 Å². The first-order valence-corrected chi connectivity index (χ1v) is 6.73. The van der Waals surface area contributed by atoms with E-state index in [2.05, 4.69) is 5.32 Å². The van der Waals surface area contributed by atoms with Crippen LogP contribution in [0.5, 0.6) is 0 Å². The molecule has 1 rings (SSSR count). The number of carbonyl (C=O) groups is 3. The smallest absolute Gasteiger partial charge is 0.307 e. The zero-order valence-electron chi connectivity index (χ0n) is 11.6. The monoisotopic (exact) mass is 270 g/mol. The Morgan fingerprint density at radius 3 is 2.74 bits per heavy atom. The van der Waals surface area contributed by atoms with Gasteiger partial charge in [0, 0.05) is 26.6 Å². The molecule has 2 amide bonds. The minimum atomic E-state index is -0.309. The topological polar surface area (TPSA) is 75.7 Å². The number of likely N-dealkylation sites (tertiary alicyclic amines) is 1. The van der Waals surface area contributed by atoms with Crippen LogP contribution in [0.25, 0.3) is 0 Å². The lowest BCUT2D eigenvalue weighted by molar-refractivity contribution is -0.143. The minimum Gasteiger partial charge on any atom is -0.466 e. The van der Waals surface area contributed by atoms with Crippen LogP contribution in [-0.4, -0.2) is 48.9 Å². The summed E-state index contributed by atoms with van der Waals surface area (Å²) >= 11 is 0. The molecule has 1 aliphatic rings. The van der Waals surface area contributed by atoms with E-state index >= 15 is 0 Å². The van der Waals surface area contributed by atoms with Gasteiger partial charge in [0.1, 0.15) is 0 Å². The van der Waals surface area contributed by atoms with Gasteiger partial charge in [-0.15, -0.1) is 0 Å². The van der Waals surface area contributed by atoms with Gasteiger partial charge in [0.25, 0.3) is 0 Å². The maximum atomic E-state index is 11.9. The van der Waals surface area contributed by atoms with Gasteiger partial charge < -0.3 is 15.0 Å². The number of piperidine rings is 1. The molecule has 0 saturated carbocycles. The van der Waals surface area contributed by atoms with Gasteiger partial charge >= 0.3 is 5.97 Å². The molecule has 0 spiro atoms. The van der Waals surface area contributed by atoms with Crippen LogP contribution in [0.3, 0.4) is 0 Å². The molecule has 0 bridgehead atoms. The number of carbonyl (C=O) groups excluding carboxylic acids is 3. The van der Waals surface area contributed by atoms with E-state index in [4.69, 9.17) is 4.74 Å². The van der Waals surface area contributed by atoms with Crippen molar-refractivity contribution in [3.8, 4) is 0 Å². The highest BCUT2D eigenvalue weighted by atomic mass is 16.5. The highest BCUT2D eigenvalue weighted by Gasteiger charge is 2.26. The normalized spacial score (nSPS) is 18.8. The zero-order valence-corrected chi connectivity index (χ0v) is 11.6. The van der Waals surface area contributed by atoms with E-state index in [-0.39, 0.29) is 36.7 Å². The van der Waals surface area contributed by atoms with Crippen molar-refractivity contribution in [1.29, 1.82) is 0 Å². The molecule has 0 aromatic heterocycles. The number of hydrogen-bond donors (Lipinski definition) is 1. The van der Waals surface area contributed by atoms with Crippen LogP contribution in [0.2, 0.25) is 0 Å². The van der Waals surface area contributed by atoms with Crippen molar-refractivity contribution in [2.45, 2.75) is 33.1 Å². The Hall–Kier alpha value is -1.59. The second kappa shape index (κ2) is 7.76. The Bertz CT molecular complexity index is 344. The first kappa shape index (κ1) is 15.5. The molecule has 1 unspecified atom stereocenters. The Balaban J connectivity index is 2.29. The van der Waals surface area contributed by atoms with Crippen LogP contribution < -0.4 is 5.32 Å². The fourth-order valence-corrected chi connectivity index (χ4v) is 2.14. The third-order valence-corrected chi connectivity index (χ3v) is 3.17. The van der Waals surface area contributed by atoms with Crippen LogP contribution in [0, 0.1) is 5.92 Å². The second-order valence-corrected chi connectivity index (χ2v) is 4.65. The predicted octanol–water partition coefficient (Wildman–Crippen LogP) is 0.314. The lowest BCUT2D eigenvalue weighted by Crippen LogP contribution is -2.45. The van der Waals surface area contributed by atoms with Gasteiger partial charge in [0.15, 0.2) is 0 Å². The molecule has 1 N–H and O–H groups in total. The molecule has 19 heavy (non-hydrogen) atoms. The number of nitrogens with one attached hydrogen (secondary N) is 1. The second-order valence-electron chi connectivity index (χ2n) is 4.65. The summed E-state index contributed by atoms with van der Waals surface area (Å²) < 4.78 is 4.77. The van der Waals surface area contributed by atoms with E-state index in [1.54, 1.807) is 11.8 Å². The summed E-state index contributed by atoms with van der Waals surface area (Å²) in [7, 11) is 0. The summed E-state index contributed by atoms with van der Waals surface area (Å²) in [6.07, 6.45) is 1.81. The summed E-state index contributed by atoms with van der Waals surface area (Å²) in [6, 6.07) is 0. The van der Waals surface area contributed by atoms with E-state index in [1.807, 2.05) is 0 Å². The molecular formula is C13H22N2O4. The molecular weight excluding hydrogens is 248 g/mol. The molecule has 0 aliphatic carbocycles. The summed E-state index contributed by atoms with van der Waals surface area (Å²) in [5.74, 6) is -0.559. The largest absolute Gasteiger partial charge is 0.466 e. The van der Waals surface area contributed by atoms with Crippen molar-refractivity contribution >= 4 is 17.8 Å². The maximum absolute atomic E-state index is 11.9. The molecule has 1 fully saturated rings. The van der Waals surface area contributed by atoms with E-state index in [0.29, 0.717) is 13.2 Å². The van der Waals surface area contributed by atoms with Gasteiger partial charge in [-0.1, -0.05) is 0 Å². The lowest BCUT2D eigenvalue weighted by atomic mass is 9.97. The van der Waals surface area contributed by atoms with Crippen LogP contribution in [0.15, 0.2) is 0 Å². The number of esters is 1. The highest BCUT2D eigenvalue weighted by Crippen LogP contribution is 2.16. The van der Waals surface area contributed by atoms with E-state index in [1.165, 1.54) is 6.92 Å². The average molecular weight is 270 g/mol. The lowest BCUT2D eigenvalue weighted by Gasteiger charge is -2.31. The first-order chi connectivity index (χ1) is 9.04. The molecule has 108 valence electrons. The zero-order chi connectivity index (χ0) is 14.3. The fraction of sp³-hybridized carbons (Fsp3) is 0.769. The fourth-order valence-electron chi connectivity index (χ4n) is 2.14. The van der Waals surface area contributed by atoms with Crippen molar-refractivity contribution in [2.24, 2.45) is 5.92 Å². The molecule has 1 heterocycles. The molecule has 0 aromatic rings. The maximum Gasteiger partial charge on any atom is 0.307 e. The van der Waals surface area contributed by atoms with Crippen molar-refractivity contribution in [2.75, 3.05) is 26.2 Å². The predicted molar refractivity (Wildman–Crippen MR) is 69.2 cm³/mol. The molecule has 0 aromatic carbocycles. The quantitative estimate of drug-likeness (QED) is 0.730. The van der Waals surface area contributed by atoms with Crippen LogP contribution in [0.1, 0.15) is 33.1 Å². The summed E-state index contributed by atoms with van der Waals surface area (Å²) in [5, 5.41) is 2.72. The van der Waals surface area contributed by atoms with Gasteiger partial charge in [-0.25, -0.2) is 0 Å². The van der Waals surface area contributed by atoms with Gasteiger partial charge in [-0.05, 0) is 19.8 Å². The first-order valence-electron chi connectivity index (χ1n) is 6.73. The Morgan fingerprint density at radius 2 is 2.11 bits per heavy atom. The van der Waals surface area contributed by atoms with Gasteiger partial charge in [0.05, 0.1) is 18.9 Å². The van der Waals surface area contributed by atoms with Gasteiger partial charge in [-0.2, -0.15) is 0 Å². The number of hydrogen-bond acceptors (Lipinski definition) is 4. The van der Waals surface area contributed by atoms with Crippen molar-refractivity contribution < 1.29 is 19.1 Å². The standard InChI is InChI=1S/C13H22N2O4/c1-3-19-12(17)6-7-14-13(18)11-5-4-8-15(9-11)10(2)16/h11H,3-9H2,1-2H3,(H,14,18). The number of amides is 2. The number of rotatable bonds is 5. The highest BCUT2D eigenvalue weighted by molar-refractivity contribution is 5.81. The summed E-state index contributed by atoms with van der Waals surface area (Å²) in [5.41, 5.74) is 0. The van der Waals surface area contributed by atoms with Crippen molar-refractivity contribution in [1.82, 2.24) is 10.2 Å².